The molecule has 2 aromatic rings. The summed E-state index contributed by atoms with van der Waals surface area (Å²) in [4.78, 5) is 12.8. The van der Waals surface area contributed by atoms with Gasteiger partial charge in [-0.05, 0) is 29.8 Å². The average molecular weight is 350 g/mol. The van der Waals surface area contributed by atoms with Gasteiger partial charge in [0.05, 0.1) is 11.3 Å². The SMILES string of the molecule is NCc1ccnc(-c2ccc(C(F)(F)F)cc2)c1.O=CC(F)(F)F. The van der Waals surface area contributed by atoms with E-state index in [1.54, 1.807) is 18.3 Å². The topological polar surface area (TPSA) is 56.0 Å². The van der Waals surface area contributed by atoms with E-state index >= 15 is 0 Å². The normalized spacial score (nSPS) is 11.5. The Hall–Kier alpha value is -2.42. The number of aromatic nitrogens is 1. The molecule has 0 unspecified atom stereocenters. The molecular formula is C15H12F6N2O. The summed E-state index contributed by atoms with van der Waals surface area (Å²) in [5.41, 5.74) is 6.98. The standard InChI is InChI=1S/C13H11F3N2.C2HF3O/c14-13(15,16)11-3-1-10(2-4-11)12-7-9(8-17)5-6-18-12;3-2(4,5)1-6/h1-7H,8,17H2;1H. The Bertz CT molecular complexity index is 665. The quantitative estimate of drug-likeness (QED) is 0.659. The second-order valence-electron chi connectivity index (χ2n) is 4.49. The molecule has 0 radical (unpaired) electrons. The number of pyridine rings is 1. The minimum absolute atomic E-state index is 0.371. The van der Waals surface area contributed by atoms with Gasteiger partial charge in [-0.1, -0.05) is 12.1 Å². The van der Waals surface area contributed by atoms with Crippen LogP contribution >= 0.6 is 0 Å². The number of aldehydes is 1. The monoisotopic (exact) mass is 350 g/mol. The second kappa shape index (κ2) is 7.91. The van der Waals surface area contributed by atoms with Crippen molar-refractivity contribution in [3.05, 3.63) is 53.7 Å². The molecule has 0 saturated carbocycles. The van der Waals surface area contributed by atoms with E-state index in [4.69, 9.17) is 10.5 Å². The van der Waals surface area contributed by atoms with E-state index in [1.165, 1.54) is 12.1 Å². The zero-order chi connectivity index (χ0) is 18.4. The van der Waals surface area contributed by atoms with E-state index in [0.717, 1.165) is 17.7 Å². The van der Waals surface area contributed by atoms with Crippen LogP contribution in [0.3, 0.4) is 0 Å². The van der Waals surface area contributed by atoms with Crippen LogP contribution in [0.25, 0.3) is 11.3 Å². The Labute approximate surface area is 133 Å². The number of nitrogens with zero attached hydrogens (tertiary/aromatic N) is 1. The van der Waals surface area contributed by atoms with Gasteiger partial charge in [0.15, 0.2) is 0 Å². The summed E-state index contributed by atoms with van der Waals surface area (Å²) in [6.45, 7) is 0.371. The van der Waals surface area contributed by atoms with Gasteiger partial charge in [0.1, 0.15) is 0 Å². The highest BCUT2D eigenvalue weighted by atomic mass is 19.4. The first kappa shape index (κ1) is 19.6. The molecule has 1 aromatic heterocycles. The van der Waals surface area contributed by atoms with Gasteiger partial charge in [0, 0.05) is 18.3 Å². The number of carbonyl (C=O) groups is 1. The third-order valence-corrected chi connectivity index (χ3v) is 2.70. The molecule has 2 N–H and O–H groups in total. The van der Waals surface area contributed by atoms with Crippen molar-refractivity contribution in [1.82, 2.24) is 4.98 Å². The lowest BCUT2D eigenvalue weighted by atomic mass is 10.1. The summed E-state index contributed by atoms with van der Waals surface area (Å²) >= 11 is 0. The molecule has 0 amide bonds. The van der Waals surface area contributed by atoms with Crippen LogP contribution in [0.4, 0.5) is 26.3 Å². The minimum Gasteiger partial charge on any atom is -0.326 e. The lowest BCUT2D eigenvalue weighted by Crippen LogP contribution is -2.07. The third kappa shape index (κ3) is 6.37. The molecule has 24 heavy (non-hydrogen) atoms. The number of rotatable bonds is 2. The maximum atomic E-state index is 12.4. The maximum Gasteiger partial charge on any atom is 0.446 e. The van der Waals surface area contributed by atoms with Crippen molar-refractivity contribution in [2.45, 2.75) is 18.9 Å². The van der Waals surface area contributed by atoms with E-state index < -0.39 is 24.2 Å². The van der Waals surface area contributed by atoms with Crippen molar-refractivity contribution < 1.29 is 31.1 Å². The molecule has 9 heteroatoms. The number of halogens is 6. The highest BCUT2D eigenvalue weighted by Crippen LogP contribution is 2.30. The Morgan fingerprint density at radius 3 is 1.96 bits per heavy atom. The van der Waals surface area contributed by atoms with Gasteiger partial charge in [0.25, 0.3) is 0 Å². The summed E-state index contributed by atoms with van der Waals surface area (Å²) in [6, 6.07) is 8.45. The summed E-state index contributed by atoms with van der Waals surface area (Å²) in [5.74, 6) is 0. The lowest BCUT2D eigenvalue weighted by Gasteiger charge is -2.07. The molecule has 0 bridgehead atoms. The maximum absolute atomic E-state index is 12.4. The highest BCUT2D eigenvalue weighted by molar-refractivity contribution is 5.60. The zero-order valence-electron chi connectivity index (χ0n) is 12.0. The minimum atomic E-state index is -4.64. The Morgan fingerprint density at radius 2 is 1.54 bits per heavy atom. The van der Waals surface area contributed by atoms with Gasteiger partial charge in [0.2, 0.25) is 6.29 Å². The van der Waals surface area contributed by atoms with Gasteiger partial charge in [-0.2, -0.15) is 26.3 Å². The fourth-order valence-corrected chi connectivity index (χ4v) is 1.59. The zero-order valence-corrected chi connectivity index (χ0v) is 12.0. The van der Waals surface area contributed by atoms with Crippen LogP contribution in [0.15, 0.2) is 42.6 Å². The van der Waals surface area contributed by atoms with E-state index in [2.05, 4.69) is 4.98 Å². The number of hydrogen-bond acceptors (Lipinski definition) is 3. The van der Waals surface area contributed by atoms with Gasteiger partial charge in [-0.15, -0.1) is 0 Å². The number of carbonyl (C=O) groups excluding carboxylic acids is 1. The van der Waals surface area contributed by atoms with Crippen LogP contribution in [0.5, 0.6) is 0 Å². The van der Waals surface area contributed by atoms with Crippen LogP contribution in [0.1, 0.15) is 11.1 Å². The number of alkyl halides is 6. The number of hydrogen-bond donors (Lipinski definition) is 1. The first-order valence-corrected chi connectivity index (χ1v) is 6.42. The van der Waals surface area contributed by atoms with Gasteiger partial charge < -0.3 is 5.73 Å². The molecule has 0 fully saturated rings. The second-order valence-corrected chi connectivity index (χ2v) is 4.49. The first-order valence-electron chi connectivity index (χ1n) is 6.42. The van der Waals surface area contributed by atoms with Crippen molar-refractivity contribution >= 4 is 6.29 Å². The molecule has 2 rings (SSSR count). The smallest absolute Gasteiger partial charge is 0.326 e. The van der Waals surface area contributed by atoms with E-state index in [-0.39, 0.29) is 0 Å². The van der Waals surface area contributed by atoms with Crippen LogP contribution in [-0.2, 0) is 17.5 Å². The summed E-state index contributed by atoms with van der Waals surface area (Å²) in [7, 11) is 0. The van der Waals surface area contributed by atoms with E-state index in [0.29, 0.717) is 17.8 Å². The first-order chi connectivity index (χ1) is 11.1. The van der Waals surface area contributed by atoms with Crippen molar-refractivity contribution in [3.63, 3.8) is 0 Å². The fourth-order valence-electron chi connectivity index (χ4n) is 1.59. The summed E-state index contributed by atoms with van der Waals surface area (Å²) in [6.07, 6.45) is -8.42. The highest BCUT2D eigenvalue weighted by Gasteiger charge is 2.30. The van der Waals surface area contributed by atoms with Gasteiger partial charge in [-0.25, -0.2) is 0 Å². The molecule has 0 aliphatic rings. The third-order valence-electron chi connectivity index (χ3n) is 2.70. The largest absolute Gasteiger partial charge is 0.446 e. The molecular weight excluding hydrogens is 338 g/mol. The molecule has 0 aliphatic heterocycles. The van der Waals surface area contributed by atoms with Crippen LogP contribution in [-0.4, -0.2) is 17.4 Å². The van der Waals surface area contributed by atoms with Crippen molar-refractivity contribution in [3.8, 4) is 11.3 Å². The summed E-state index contributed by atoms with van der Waals surface area (Å²) in [5, 5.41) is 0. The van der Waals surface area contributed by atoms with Crippen molar-refractivity contribution in [1.29, 1.82) is 0 Å². The van der Waals surface area contributed by atoms with Crippen molar-refractivity contribution in [2.75, 3.05) is 0 Å². The molecule has 0 aliphatic carbocycles. The fraction of sp³-hybridized carbons (Fsp3) is 0.200. The molecule has 1 heterocycles. The molecule has 3 nitrogen and oxygen atoms in total. The molecule has 0 saturated heterocycles. The average Bonchev–Trinajstić information content (AvgIpc) is 2.54. The number of benzene rings is 1. The molecule has 1 aromatic carbocycles. The van der Waals surface area contributed by atoms with E-state index in [1.807, 2.05) is 0 Å². The molecule has 0 spiro atoms. The predicted octanol–water partition coefficient (Wildman–Crippen LogP) is 3.97. The van der Waals surface area contributed by atoms with Gasteiger partial charge in [-0.3, -0.25) is 9.78 Å². The summed E-state index contributed by atoms with van der Waals surface area (Å²) < 4.78 is 68.5. The Balaban J connectivity index is 0.000000413. The number of nitrogens with two attached hydrogens (primary N) is 1. The van der Waals surface area contributed by atoms with Crippen molar-refractivity contribution in [2.24, 2.45) is 5.73 Å². The lowest BCUT2D eigenvalue weighted by molar-refractivity contribution is -0.156. The Morgan fingerprint density at radius 1 is 1.00 bits per heavy atom. The Kier molecular flexibility index (Phi) is 6.47. The molecule has 130 valence electrons. The van der Waals surface area contributed by atoms with Gasteiger partial charge >= 0.3 is 12.4 Å². The molecule has 0 atom stereocenters. The van der Waals surface area contributed by atoms with Crippen LogP contribution in [0.2, 0.25) is 0 Å². The van der Waals surface area contributed by atoms with Crippen LogP contribution < -0.4 is 5.73 Å². The van der Waals surface area contributed by atoms with Crippen LogP contribution in [0, 0.1) is 0 Å². The predicted molar refractivity (Wildman–Crippen MR) is 74.7 cm³/mol. The van der Waals surface area contributed by atoms with E-state index in [9.17, 15) is 26.3 Å².